The minimum atomic E-state index is -0.610. The van der Waals surface area contributed by atoms with Crippen LogP contribution in [0, 0.1) is 6.92 Å². The van der Waals surface area contributed by atoms with Crippen molar-refractivity contribution in [1.29, 1.82) is 0 Å². The molecule has 0 aromatic heterocycles. The van der Waals surface area contributed by atoms with Crippen molar-refractivity contribution in [2.24, 2.45) is 0 Å². The molecule has 0 fully saturated rings. The van der Waals surface area contributed by atoms with Crippen molar-refractivity contribution in [3.8, 4) is 0 Å². The molecule has 0 radical (unpaired) electrons. The summed E-state index contributed by atoms with van der Waals surface area (Å²) in [6.45, 7) is 8.54. The third-order valence-electron chi connectivity index (χ3n) is 4.91. The molecule has 2 amide bonds. The number of allylic oxidation sites excluding steroid dienone is 1. The van der Waals surface area contributed by atoms with E-state index >= 15 is 0 Å². The summed E-state index contributed by atoms with van der Waals surface area (Å²) >= 11 is 0. The largest absolute Gasteiger partial charge is 0.372 e. The first-order chi connectivity index (χ1) is 12.5. The minimum absolute atomic E-state index is 0.512. The summed E-state index contributed by atoms with van der Waals surface area (Å²) in [6, 6.07) is 5.88. The summed E-state index contributed by atoms with van der Waals surface area (Å²) < 4.78 is 0. The van der Waals surface area contributed by atoms with Crippen molar-refractivity contribution in [2.75, 3.05) is 29.9 Å². The number of hydrogen-bond donors (Lipinski definition) is 2. The monoisotopic (exact) mass is 357 g/mol. The average molecular weight is 357 g/mol. The molecule has 2 N–H and O–H groups in total. The molecule has 0 heterocycles. The second kappa shape index (κ2) is 10.00. The standard InChI is InChI=1S/C21H31N3O2/c1-4-24(5-2)18-11-12-19(16(3)15-18)23-21(26)20(25)22-14-13-17-9-7-6-8-10-17/h9,11-12,15H,4-8,10,13-14H2,1-3H3,(H,22,25)(H,23,26). The maximum absolute atomic E-state index is 12.1. The Balaban J connectivity index is 1.86. The average Bonchev–Trinajstić information content (AvgIpc) is 2.65. The number of nitrogens with zero attached hydrogens (tertiary/aromatic N) is 1. The van der Waals surface area contributed by atoms with Gasteiger partial charge in [0.2, 0.25) is 0 Å². The molecule has 0 saturated carbocycles. The predicted octanol–water partition coefficient (Wildman–Crippen LogP) is 3.79. The highest BCUT2D eigenvalue weighted by Crippen LogP contribution is 2.22. The smallest absolute Gasteiger partial charge is 0.313 e. The first kappa shape index (κ1) is 20.0. The fourth-order valence-electron chi connectivity index (χ4n) is 3.30. The highest BCUT2D eigenvalue weighted by atomic mass is 16.2. The Kier molecular flexibility index (Phi) is 7.70. The molecule has 0 saturated heterocycles. The van der Waals surface area contributed by atoms with Gasteiger partial charge >= 0.3 is 11.8 Å². The first-order valence-electron chi connectivity index (χ1n) is 9.67. The van der Waals surface area contributed by atoms with Crippen molar-refractivity contribution >= 4 is 23.2 Å². The summed E-state index contributed by atoms with van der Waals surface area (Å²) in [7, 11) is 0. The van der Waals surface area contributed by atoms with Crippen LogP contribution in [0.5, 0.6) is 0 Å². The molecular weight excluding hydrogens is 326 g/mol. The van der Waals surface area contributed by atoms with E-state index in [1.54, 1.807) is 0 Å². The van der Waals surface area contributed by atoms with Crippen LogP contribution in [0.4, 0.5) is 11.4 Å². The molecule has 5 heteroatoms. The summed E-state index contributed by atoms with van der Waals surface area (Å²) in [4.78, 5) is 26.4. The van der Waals surface area contributed by atoms with E-state index in [1.165, 1.54) is 18.4 Å². The summed E-state index contributed by atoms with van der Waals surface area (Å²) in [5.41, 5.74) is 4.13. The van der Waals surface area contributed by atoms with Crippen molar-refractivity contribution < 1.29 is 9.59 Å². The zero-order valence-corrected chi connectivity index (χ0v) is 16.2. The lowest BCUT2D eigenvalue weighted by Crippen LogP contribution is -2.36. The summed E-state index contributed by atoms with van der Waals surface area (Å²) in [5.74, 6) is -1.19. The number of carbonyl (C=O) groups excluding carboxylic acids is 2. The zero-order valence-electron chi connectivity index (χ0n) is 16.2. The van der Waals surface area contributed by atoms with Gasteiger partial charge in [-0.15, -0.1) is 0 Å². The number of amides is 2. The number of hydrogen-bond acceptors (Lipinski definition) is 3. The van der Waals surface area contributed by atoms with Crippen LogP contribution in [-0.2, 0) is 9.59 Å². The van der Waals surface area contributed by atoms with E-state index in [0.717, 1.165) is 43.6 Å². The second-order valence-electron chi connectivity index (χ2n) is 6.74. The Morgan fingerprint density at radius 1 is 1.12 bits per heavy atom. The second-order valence-corrected chi connectivity index (χ2v) is 6.74. The fraction of sp³-hybridized carbons (Fsp3) is 0.524. The molecule has 1 aromatic rings. The molecule has 0 spiro atoms. The topological polar surface area (TPSA) is 61.4 Å². The van der Waals surface area contributed by atoms with E-state index in [9.17, 15) is 9.59 Å². The molecule has 0 aliphatic heterocycles. The highest BCUT2D eigenvalue weighted by Gasteiger charge is 2.15. The van der Waals surface area contributed by atoms with Crippen molar-refractivity contribution in [2.45, 2.75) is 52.9 Å². The maximum Gasteiger partial charge on any atom is 0.313 e. The molecule has 0 atom stereocenters. The Labute approximate surface area is 156 Å². The van der Waals surface area contributed by atoms with Gasteiger partial charge in [-0.05, 0) is 76.6 Å². The van der Waals surface area contributed by atoms with Crippen LogP contribution < -0.4 is 15.5 Å². The van der Waals surface area contributed by atoms with Crippen LogP contribution in [-0.4, -0.2) is 31.4 Å². The third-order valence-corrected chi connectivity index (χ3v) is 4.91. The van der Waals surface area contributed by atoms with Gasteiger partial charge in [-0.1, -0.05) is 11.6 Å². The summed E-state index contributed by atoms with van der Waals surface area (Å²) in [5, 5.41) is 5.43. The lowest BCUT2D eigenvalue weighted by Gasteiger charge is -2.22. The Morgan fingerprint density at radius 3 is 2.50 bits per heavy atom. The van der Waals surface area contributed by atoms with Gasteiger partial charge in [-0.25, -0.2) is 0 Å². The first-order valence-corrected chi connectivity index (χ1v) is 9.67. The Hall–Kier alpha value is -2.30. The van der Waals surface area contributed by atoms with Crippen molar-refractivity contribution in [3.63, 3.8) is 0 Å². The van der Waals surface area contributed by atoms with E-state index in [4.69, 9.17) is 0 Å². The van der Waals surface area contributed by atoms with E-state index < -0.39 is 11.8 Å². The van der Waals surface area contributed by atoms with Crippen LogP contribution in [0.3, 0.4) is 0 Å². The third kappa shape index (κ3) is 5.61. The molecule has 2 rings (SSSR count). The van der Waals surface area contributed by atoms with Crippen LogP contribution >= 0.6 is 0 Å². The van der Waals surface area contributed by atoms with Crippen LogP contribution in [0.1, 0.15) is 51.5 Å². The fourth-order valence-corrected chi connectivity index (χ4v) is 3.30. The van der Waals surface area contributed by atoms with Gasteiger partial charge in [0.05, 0.1) is 0 Å². The molecule has 142 valence electrons. The van der Waals surface area contributed by atoms with Gasteiger partial charge in [0.1, 0.15) is 0 Å². The molecule has 1 aromatic carbocycles. The van der Waals surface area contributed by atoms with Crippen molar-refractivity contribution in [3.05, 3.63) is 35.4 Å². The lowest BCUT2D eigenvalue weighted by molar-refractivity contribution is -0.136. The molecule has 5 nitrogen and oxygen atoms in total. The predicted molar refractivity (Wildman–Crippen MR) is 108 cm³/mol. The van der Waals surface area contributed by atoms with Crippen LogP contribution in [0.2, 0.25) is 0 Å². The van der Waals surface area contributed by atoms with Gasteiger partial charge in [0.25, 0.3) is 0 Å². The number of benzene rings is 1. The molecule has 26 heavy (non-hydrogen) atoms. The number of nitrogens with one attached hydrogen (secondary N) is 2. The van der Waals surface area contributed by atoms with Gasteiger partial charge in [0, 0.05) is 31.0 Å². The zero-order chi connectivity index (χ0) is 18.9. The molecule has 0 bridgehead atoms. The molecule has 1 aliphatic rings. The molecule has 1 aliphatic carbocycles. The van der Waals surface area contributed by atoms with Gasteiger partial charge in [0.15, 0.2) is 0 Å². The molecular formula is C21H31N3O2. The minimum Gasteiger partial charge on any atom is -0.372 e. The van der Waals surface area contributed by atoms with Crippen LogP contribution in [0.15, 0.2) is 29.8 Å². The number of anilines is 2. The normalized spacial score (nSPS) is 13.7. The number of aryl methyl sites for hydroxylation is 1. The maximum atomic E-state index is 12.1. The lowest BCUT2D eigenvalue weighted by atomic mass is 9.97. The number of rotatable bonds is 7. The number of carbonyl (C=O) groups is 2. The van der Waals surface area contributed by atoms with E-state index in [1.807, 2.05) is 25.1 Å². The molecule has 0 unspecified atom stereocenters. The highest BCUT2D eigenvalue weighted by molar-refractivity contribution is 6.39. The Bertz CT molecular complexity index is 663. The Morgan fingerprint density at radius 2 is 1.88 bits per heavy atom. The van der Waals surface area contributed by atoms with E-state index in [0.29, 0.717) is 12.2 Å². The van der Waals surface area contributed by atoms with E-state index in [-0.39, 0.29) is 0 Å². The van der Waals surface area contributed by atoms with Crippen LogP contribution in [0.25, 0.3) is 0 Å². The van der Waals surface area contributed by atoms with Crippen molar-refractivity contribution in [1.82, 2.24) is 5.32 Å². The quantitative estimate of drug-likeness (QED) is 0.576. The van der Waals surface area contributed by atoms with E-state index in [2.05, 4.69) is 35.5 Å². The SMILES string of the molecule is CCN(CC)c1ccc(NC(=O)C(=O)NCCC2=CCCCC2)c(C)c1. The van der Waals surface area contributed by atoms with Gasteiger partial charge < -0.3 is 15.5 Å². The van der Waals surface area contributed by atoms with Gasteiger partial charge in [-0.2, -0.15) is 0 Å². The summed E-state index contributed by atoms with van der Waals surface area (Å²) in [6.07, 6.45) is 7.81. The van der Waals surface area contributed by atoms with Gasteiger partial charge in [-0.3, -0.25) is 9.59 Å².